The van der Waals surface area contributed by atoms with Crippen molar-refractivity contribution in [2.75, 3.05) is 0 Å². The summed E-state index contributed by atoms with van der Waals surface area (Å²) in [5.74, 6) is 0. The highest BCUT2D eigenvalue weighted by molar-refractivity contribution is 5.96. The molecule has 0 aliphatic carbocycles. The lowest BCUT2D eigenvalue weighted by molar-refractivity contribution is 0.865. The summed E-state index contributed by atoms with van der Waals surface area (Å²) >= 11 is 0. The van der Waals surface area contributed by atoms with Gasteiger partial charge in [-0.1, -0.05) is 36.4 Å². The molecule has 6 N–H and O–H groups in total. The summed E-state index contributed by atoms with van der Waals surface area (Å²) in [6.45, 7) is 0. The van der Waals surface area contributed by atoms with Crippen molar-refractivity contribution in [1.29, 1.82) is 5.41 Å². The molecule has 23 heavy (non-hydrogen) atoms. The Labute approximate surface area is 135 Å². The Morgan fingerprint density at radius 3 is 2.78 bits per heavy atom. The maximum atomic E-state index is 7.28. The van der Waals surface area contributed by atoms with Crippen molar-refractivity contribution in [3.05, 3.63) is 66.0 Å². The molecule has 1 aromatic heterocycles. The van der Waals surface area contributed by atoms with Crippen LogP contribution in [0.3, 0.4) is 0 Å². The molecule has 0 spiro atoms. The molecule has 1 atom stereocenters. The fourth-order valence-corrected chi connectivity index (χ4v) is 2.86. The lowest BCUT2D eigenvalue weighted by atomic mass is 9.99. The van der Waals surface area contributed by atoms with E-state index in [0.717, 1.165) is 33.2 Å². The molecule has 116 valence electrons. The van der Waals surface area contributed by atoms with E-state index in [1.807, 2.05) is 24.4 Å². The van der Waals surface area contributed by atoms with Crippen LogP contribution in [0, 0.1) is 5.41 Å². The van der Waals surface area contributed by atoms with Crippen molar-refractivity contribution in [1.82, 2.24) is 4.98 Å². The lowest BCUT2D eigenvalue weighted by Gasteiger charge is -2.07. The van der Waals surface area contributed by atoms with Gasteiger partial charge >= 0.3 is 0 Å². The van der Waals surface area contributed by atoms with Gasteiger partial charge in [0.2, 0.25) is 0 Å². The van der Waals surface area contributed by atoms with E-state index >= 15 is 0 Å². The molecule has 3 rings (SSSR count). The van der Waals surface area contributed by atoms with Crippen LogP contribution in [0.2, 0.25) is 0 Å². The molecule has 0 radical (unpaired) electrons. The largest absolute Gasteiger partial charge is 0.405 e. The third-order valence-corrected chi connectivity index (χ3v) is 3.96. The van der Waals surface area contributed by atoms with Crippen molar-refractivity contribution in [3.8, 4) is 11.1 Å². The van der Waals surface area contributed by atoms with Crippen molar-refractivity contribution >= 4 is 23.2 Å². The van der Waals surface area contributed by atoms with E-state index in [1.165, 1.54) is 6.21 Å². The van der Waals surface area contributed by atoms with Gasteiger partial charge in [0.25, 0.3) is 0 Å². The second-order valence-electron chi connectivity index (χ2n) is 5.56. The van der Waals surface area contributed by atoms with Crippen LogP contribution in [0.5, 0.6) is 0 Å². The zero-order valence-corrected chi connectivity index (χ0v) is 12.8. The second kappa shape index (κ2) is 6.50. The summed E-state index contributed by atoms with van der Waals surface area (Å²) in [5, 5.41) is 8.43. The molecule has 0 aliphatic heterocycles. The highest BCUT2D eigenvalue weighted by Gasteiger charge is 2.11. The fraction of sp³-hybridized carbons (Fsp3) is 0.105. The fourth-order valence-electron chi connectivity index (χ4n) is 2.86. The number of benzene rings is 2. The Morgan fingerprint density at radius 1 is 1.17 bits per heavy atom. The predicted molar refractivity (Wildman–Crippen MR) is 97.4 cm³/mol. The van der Waals surface area contributed by atoms with Gasteiger partial charge in [-0.05, 0) is 41.5 Å². The number of hydrogen-bond donors (Lipinski definition) is 4. The van der Waals surface area contributed by atoms with Gasteiger partial charge in [-0.3, -0.25) is 0 Å². The van der Waals surface area contributed by atoms with E-state index in [9.17, 15) is 0 Å². The quantitative estimate of drug-likeness (QED) is 0.545. The number of aromatic nitrogens is 1. The first-order valence-electron chi connectivity index (χ1n) is 7.57. The third-order valence-electron chi connectivity index (χ3n) is 3.96. The van der Waals surface area contributed by atoms with Gasteiger partial charge in [-0.15, -0.1) is 0 Å². The van der Waals surface area contributed by atoms with Crippen LogP contribution in [0.15, 0.2) is 54.9 Å². The van der Waals surface area contributed by atoms with Crippen molar-refractivity contribution in [2.45, 2.75) is 12.5 Å². The zero-order chi connectivity index (χ0) is 16.2. The van der Waals surface area contributed by atoms with Crippen molar-refractivity contribution in [2.24, 2.45) is 11.5 Å². The first-order valence-corrected chi connectivity index (χ1v) is 7.57. The molecule has 0 bridgehead atoms. The molecule has 0 saturated carbocycles. The number of para-hydroxylation sites is 1. The van der Waals surface area contributed by atoms with Crippen LogP contribution >= 0.6 is 0 Å². The smallest absolute Gasteiger partial charge is 0.0536 e. The van der Waals surface area contributed by atoms with Gasteiger partial charge in [0.15, 0.2) is 0 Å². The Morgan fingerprint density at radius 2 is 2.00 bits per heavy atom. The van der Waals surface area contributed by atoms with Crippen LogP contribution in [0.4, 0.5) is 0 Å². The van der Waals surface area contributed by atoms with Gasteiger partial charge < -0.3 is 21.9 Å². The number of fused-ring (bicyclic) bond motifs is 1. The van der Waals surface area contributed by atoms with E-state index in [-0.39, 0.29) is 6.04 Å². The lowest BCUT2D eigenvalue weighted by Crippen LogP contribution is -2.23. The van der Waals surface area contributed by atoms with Crippen LogP contribution in [0.1, 0.15) is 11.1 Å². The van der Waals surface area contributed by atoms with Crippen molar-refractivity contribution < 1.29 is 0 Å². The summed E-state index contributed by atoms with van der Waals surface area (Å²) in [4.78, 5) is 3.36. The van der Waals surface area contributed by atoms with E-state index in [2.05, 4.69) is 35.3 Å². The van der Waals surface area contributed by atoms with Gasteiger partial charge in [-0.2, -0.15) is 0 Å². The number of nitrogens with one attached hydrogen (secondary N) is 2. The van der Waals surface area contributed by atoms with E-state index in [4.69, 9.17) is 16.9 Å². The molecule has 2 aromatic carbocycles. The van der Waals surface area contributed by atoms with Gasteiger partial charge in [0.05, 0.1) is 5.52 Å². The highest BCUT2D eigenvalue weighted by atomic mass is 14.7. The minimum Gasteiger partial charge on any atom is -0.405 e. The molecular formula is C19H20N4. The molecular weight excluding hydrogens is 284 g/mol. The molecule has 1 heterocycles. The monoisotopic (exact) mass is 304 g/mol. The summed E-state index contributed by atoms with van der Waals surface area (Å²) in [6.07, 6.45) is 7.35. The molecule has 3 aromatic rings. The van der Waals surface area contributed by atoms with E-state index < -0.39 is 0 Å². The number of hydrogen-bond acceptors (Lipinski definition) is 3. The minimum absolute atomic E-state index is 0.254. The Hall–Kier alpha value is -2.85. The molecule has 0 aliphatic rings. The Balaban J connectivity index is 2.08. The van der Waals surface area contributed by atoms with E-state index in [0.29, 0.717) is 6.42 Å². The Bertz CT molecular complexity index is 861. The maximum absolute atomic E-state index is 7.28. The number of aromatic amines is 1. The van der Waals surface area contributed by atoms with Crippen LogP contribution in [-0.4, -0.2) is 17.2 Å². The molecule has 0 saturated heterocycles. The first kappa shape index (κ1) is 15.1. The molecule has 0 fully saturated rings. The minimum atomic E-state index is -0.254. The molecule has 1 unspecified atom stereocenters. The molecule has 4 heteroatoms. The number of nitrogens with two attached hydrogens (primary N) is 2. The Kier molecular flexibility index (Phi) is 4.26. The van der Waals surface area contributed by atoms with Gasteiger partial charge in [0.1, 0.15) is 0 Å². The topological polar surface area (TPSA) is 91.7 Å². The average Bonchev–Trinajstić information content (AvgIpc) is 2.98. The average molecular weight is 304 g/mol. The summed E-state index contributed by atoms with van der Waals surface area (Å²) in [5.41, 5.74) is 16.9. The standard InChI is InChI=1S/C19H20N4/c20-8-7-13-3-1-4-14(9-13)17-5-2-6-18-15(10-16(22)11-21)12-23-19(17)18/h1-9,11-12,16,21,23H,10,20,22H2/b8-7-,21-11?. The molecule has 0 amide bonds. The SMILES string of the molecule is N=CC(N)Cc1c[nH]c2c(-c3cccc(/C=C\N)c3)cccc12. The summed E-state index contributed by atoms with van der Waals surface area (Å²) in [6, 6.07) is 14.2. The first-order chi connectivity index (χ1) is 11.2. The van der Waals surface area contributed by atoms with Crippen LogP contribution in [0.25, 0.3) is 28.1 Å². The maximum Gasteiger partial charge on any atom is 0.0536 e. The highest BCUT2D eigenvalue weighted by Crippen LogP contribution is 2.30. The van der Waals surface area contributed by atoms with Gasteiger partial charge in [0, 0.05) is 29.4 Å². The third kappa shape index (κ3) is 3.03. The molecule has 4 nitrogen and oxygen atoms in total. The van der Waals surface area contributed by atoms with Crippen LogP contribution in [-0.2, 0) is 6.42 Å². The second-order valence-corrected chi connectivity index (χ2v) is 5.56. The van der Waals surface area contributed by atoms with Crippen LogP contribution < -0.4 is 11.5 Å². The van der Waals surface area contributed by atoms with E-state index in [1.54, 1.807) is 6.20 Å². The summed E-state index contributed by atoms with van der Waals surface area (Å²) < 4.78 is 0. The van der Waals surface area contributed by atoms with Gasteiger partial charge in [-0.25, -0.2) is 0 Å². The van der Waals surface area contributed by atoms with Crippen molar-refractivity contribution in [3.63, 3.8) is 0 Å². The summed E-state index contributed by atoms with van der Waals surface area (Å²) in [7, 11) is 0. The normalized spacial score (nSPS) is 12.7. The number of H-pyrrole nitrogens is 1. The number of rotatable bonds is 5. The zero-order valence-electron chi connectivity index (χ0n) is 12.8. The predicted octanol–water partition coefficient (Wildman–Crippen LogP) is 3.28.